The zero-order chi connectivity index (χ0) is 12.1. The van der Waals surface area contributed by atoms with Gasteiger partial charge in [-0.15, -0.1) is 24.0 Å². The number of hydrogen-bond acceptors (Lipinski definition) is 2. The first-order valence-electron chi connectivity index (χ1n) is 5.19. The highest BCUT2D eigenvalue weighted by Gasteiger charge is 2.04. The summed E-state index contributed by atoms with van der Waals surface area (Å²) < 4.78 is 0. The van der Waals surface area contributed by atoms with Crippen molar-refractivity contribution in [2.75, 3.05) is 6.54 Å². The van der Waals surface area contributed by atoms with Crippen LogP contribution < -0.4 is 11.1 Å². The molecule has 1 rings (SSSR count). The Kier molecular flexibility index (Phi) is 6.86. The standard InChI is InChI=1S/C11H19N5.HI/c1-7(2)5-13-11(12)14-6-10-8(3)15-16-9(10)4;/h1,5-6H2,2-4H3,(H,15,16)(H3,12,13,14);1H. The van der Waals surface area contributed by atoms with Crippen LogP contribution in [-0.4, -0.2) is 22.7 Å². The Morgan fingerprint density at radius 2 is 2.18 bits per heavy atom. The van der Waals surface area contributed by atoms with Crippen LogP contribution in [0, 0.1) is 13.8 Å². The highest BCUT2D eigenvalue weighted by molar-refractivity contribution is 14.0. The third kappa shape index (κ3) is 5.20. The van der Waals surface area contributed by atoms with E-state index in [9.17, 15) is 0 Å². The van der Waals surface area contributed by atoms with Crippen LogP contribution in [0.4, 0.5) is 0 Å². The number of halogens is 1. The summed E-state index contributed by atoms with van der Waals surface area (Å²) in [5.41, 5.74) is 9.83. The Hall–Kier alpha value is -1.05. The summed E-state index contributed by atoms with van der Waals surface area (Å²) in [5, 5.41) is 10.00. The Labute approximate surface area is 119 Å². The van der Waals surface area contributed by atoms with Crippen molar-refractivity contribution < 1.29 is 0 Å². The molecule has 0 aliphatic carbocycles. The molecule has 0 spiro atoms. The quantitative estimate of drug-likeness (QED) is 0.335. The van der Waals surface area contributed by atoms with Gasteiger partial charge in [-0.25, -0.2) is 4.99 Å². The summed E-state index contributed by atoms with van der Waals surface area (Å²) >= 11 is 0. The second-order valence-corrected chi connectivity index (χ2v) is 3.92. The fourth-order valence-electron chi connectivity index (χ4n) is 1.27. The summed E-state index contributed by atoms with van der Waals surface area (Å²) in [4.78, 5) is 4.24. The lowest BCUT2D eigenvalue weighted by atomic mass is 10.2. The van der Waals surface area contributed by atoms with Crippen molar-refractivity contribution in [3.05, 3.63) is 29.1 Å². The third-order valence-electron chi connectivity index (χ3n) is 2.26. The molecule has 0 aliphatic heterocycles. The molecule has 0 radical (unpaired) electrons. The van der Waals surface area contributed by atoms with Gasteiger partial charge in [-0.05, 0) is 20.8 Å². The number of hydrogen-bond donors (Lipinski definition) is 3. The van der Waals surface area contributed by atoms with Gasteiger partial charge in [0.05, 0.1) is 12.2 Å². The molecular formula is C11H20IN5. The number of aromatic nitrogens is 2. The third-order valence-corrected chi connectivity index (χ3v) is 2.26. The topological polar surface area (TPSA) is 79.1 Å². The average Bonchev–Trinajstić information content (AvgIpc) is 2.53. The molecule has 1 aromatic rings. The van der Waals surface area contributed by atoms with E-state index in [0.717, 1.165) is 22.5 Å². The van der Waals surface area contributed by atoms with Crippen LogP contribution in [0.15, 0.2) is 17.1 Å². The molecule has 0 amide bonds. The molecular weight excluding hydrogens is 329 g/mol. The maximum Gasteiger partial charge on any atom is 0.189 e. The van der Waals surface area contributed by atoms with Crippen LogP contribution >= 0.6 is 24.0 Å². The molecule has 0 atom stereocenters. The normalized spacial score (nSPS) is 10.9. The molecule has 0 aliphatic rings. The number of rotatable bonds is 4. The lowest BCUT2D eigenvalue weighted by molar-refractivity contribution is 0.934. The molecule has 6 heteroatoms. The predicted molar refractivity (Wildman–Crippen MR) is 81.6 cm³/mol. The smallest absolute Gasteiger partial charge is 0.189 e. The SMILES string of the molecule is C=C(C)CNC(N)=NCc1c(C)n[nH]c1C.I. The van der Waals surface area contributed by atoms with Gasteiger partial charge in [0.25, 0.3) is 0 Å². The van der Waals surface area contributed by atoms with Gasteiger partial charge < -0.3 is 11.1 Å². The summed E-state index contributed by atoms with van der Waals surface area (Å²) in [6.45, 7) is 10.8. The molecule has 0 unspecified atom stereocenters. The molecule has 5 nitrogen and oxygen atoms in total. The molecule has 0 saturated heterocycles. The number of aromatic amines is 1. The fraction of sp³-hybridized carbons (Fsp3) is 0.455. The van der Waals surface area contributed by atoms with E-state index >= 15 is 0 Å². The van der Waals surface area contributed by atoms with Crippen molar-refractivity contribution in [1.29, 1.82) is 0 Å². The molecule has 1 aromatic heterocycles. The second-order valence-electron chi connectivity index (χ2n) is 3.92. The van der Waals surface area contributed by atoms with Gasteiger partial charge in [-0.3, -0.25) is 5.10 Å². The first-order chi connectivity index (χ1) is 7.50. The van der Waals surface area contributed by atoms with Crippen LogP contribution in [0.3, 0.4) is 0 Å². The minimum Gasteiger partial charge on any atom is -0.370 e. The van der Waals surface area contributed by atoms with E-state index in [0.29, 0.717) is 19.0 Å². The van der Waals surface area contributed by atoms with Crippen molar-refractivity contribution in [3.63, 3.8) is 0 Å². The molecule has 4 N–H and O–H groups in total. The molecule has 96 valence electrons. The fourth-order valence-corrected chi connectivity index (χ4v) is 1.27. The van der Waals surface area contributed by atoms with E-state index in [1.54, 1.807) is 0 Å². The second kappa shape index (κ2) is 7.31. The first-order valence-corrected chi connectivity index (χ1v) is 5.19. The predicted octanol–water partition coefficient (Wildman–Crippen LogP) is 1.62. The zero-order valence-electron chi connectivity index (χ0n) is 10.5. The summed E-state index contributed by atoms with van der Waals surface area (Å²) in [5.74, 6) is 0.433. The number of nitrogens with zero attached hydrogens (tertiary/aromatic N) is 2. The van der Waals surface area contributed by atoms with Crippen LogP contribution in [0.5, 0.6) is 0 Å². The van der Waals surface area contributed by atoms with E-state index in [2.05, 4.69) is 27.1 Å². The summed E-state index contributed by atoms with van der Waals surface area (Å²) in [7, 11) is 0. The molecule has 17 heavy (non-hydrogen) atoms. The summed E-state index contributed by atoms with van der Waals surface area (Å²) in [6.07, 6.45) is 0. The van der Waals surface area contributed by atoms with Gasteiger partial charge in [0.2, 0.25) is 0 Å². The Morgan fingerprint density at radius 1 is 1.53 bits per heavy atom. The van der Waals surface area contributed by atoms with Gasteiger partial charge in [0.15, 0.2) is 5.96 Å². The van der Waals surface area contributed by atoms with Crippen molar-refractivity contribution >= 4 is 29.9 Å². The number of aliphatic imine (C=N–C) groups is 1. The van der Waals surface area contributed by atoms with Gasteiger partial charge in [-0.1, -0.05) is 12.2 Å². The van der Waals surface area contributed by atoms with Crippen LogP contribution in [0.1, 0.15) is 23.9 Å². The van der Waals surface area contributed by atoms with E-state index in [1.807, 2.05) is 20.8 Å². The Morgan fingerprint density at radius 3 is 2.65 bits per heavy atom. The van der Waals surface area contributed by atoms with E-state index in [-0.39, 0.29) is 24.0 Å². The molecule has 1 heterocycles. The van der Waals surface area contributed by atoms with E-state index in [1.165, 1.54) is 0 Å². The van der Waals surface area contributed by atoms with E-state index in [4.69, 9.17) is 5.73 Å². The number of guanidine groups is 1. The van der Waals surface area contributed by atoms with Gasteiger partial charge in [-0.2, -0.15) is 5.10 Å². The van der Waals surface area contributed by atoms with Crippen LogP contribution in [0.2, 0.25) is 0 Å². The van der Waals surface area contributed by atoms with Crippen molar-refractivity contribution in [2.24, 2.45) is 10.7 Å². The van der Waals surface area contributed by atoms with Crippen molar-refractivity contribution in [2.45, 2.75) is 27.3 Å². The lowest BCUT2D eigenvalue weighted by Gasteiger charge is -2.04. The number of aryl methyl sites for hydroxylation is 2. The lowest BCUT2D eigenvalue weighted by Crippen LogP contribution is -2.32. The Balaban J connectivity index is 0.00000256. The first kappa shape index (κ1) is 16.0. The zero-order valence-corrected chi connectivity index (χ0v) is 12.8. The number of H-pyrrole nitrogens is 1. The van der Waals surface area contributed by atoms with Crippen LogP contribution in [-0.2, 0) is 6.54 Å². The van der Waals surface area contributed by atoms with Gasteiger partial charge in [0, 0.05) is 17.8 Å². The van der Waals surface area contributed by atoms with Crippen molar-refractivity contribution in [1.82, 2.24) is 15.5 Å². The molecule has 0 aromatic carbocycles. The van der Waals surface area contributed by atoms with E-state index < -0.39 is 0 Å². The minimum atomic E-state index is 0. The average molecular weight is 349 g/mol. The summed E-state index contributed by atoms with van der Waals surface area (Å²) in [6, 6.07) is 0. The maximum absolute atomic E-state index is 5.71. The van der Waals surface area contributed by atoms with Crippen molar-refractivity contribution in [3.8, 4) is 0 Å². The Bertz CT molecular complexity index is 388. The van der Waals surface area contributed by atoms with Crippen LogP contribution in [0.25, 0.3) is 0 Å². The maximum atomic E-state index is 5.71. The monoisotopic (exact) mass is 349 g/mol. The molecule has 0 fully saturated rings. The highest BCUT2D eigenvalue weighted by atomic mass is 127. The largest absolute Gasteiger partial charge is 0.370 e. The van der Waals surface area contributed by atoms with Gasteiger partial charge in [0.1, 0.15) is 0 Å². The number of nitrogens with two attached hydrogens (primary N) is 1. The van der Waals surface area contributed by atoms with Gasteiger partial charge >= 0.3 is 0 Å². The number of nitrogens with one attached hydrogen (secondary N) is 2. The highest BCUT2D eigenvalue weighted by Crippen LogP contribution is 2.09. The molecule has 0 saturated carbocycles. The minimum absolute atomic E-state index is 0. The molecule has 0 bridgehead atoms.